The first-order chi connectivity index (χ1) is 9.54. The number of halogens is 2. The molecule has 3 aromatic rings. The number of nitrogens with zero attached hydrogens (tertiary/aromatic N) is 1. The molecule has 0 fully saturated rings. The van der Waals surface area contributed by atoms with E-state index in [0.29, 0.717) is 12.1 Å². The second-order valence-electron chi connectivity index (χ2n) is 4.64. The van der Waals surface area contributed by atoms with Crippen molar-refractivity contribution >= 4 is 33.7 Å². The molecule has 0 amide bonds. The van der Waals surface area contributed by atoms with Crippen LogP contribution in [0.1, 0.15) is 11.1 Å². The molecule has 0 N–H and O–H groups in total. The van der Waals surface area contributed by atoms with Crippen molar-refractivity contribution in [1.29, 1.82) is 0 Å². The van der Waals surface area contributed by atoms with Crippen LogP contribution in [0.3, 0.4) is 0 Å². The van der Waals surface area contributed by atoms with E-state index in [9.17, 15) is 9.18 Å². The molecule has 0 bridgehead atoms. The smallest absolute Gasteiger partial charge is 0.408 e. The fraction of sp³-hybridized carbons (Fsp3) is 0.133. The Bertz CT molecular complexity index is 851. The minimum atomic E-state index is -0.425. The molecule has 0 unspecified atom stereocenters. The van der Waals surface area contributed by atoms with E-state index >= 15 is 0 Å². The van der Waals surface area contributed by atoms with Gasteiger partial charge in [-0.05, 0) is 71.0 Å². The zero-order chi connectivity index (χ0) is 14.3. The fourth-order valence-corrected chi connectivity index (χ4v) is 2.64. The zero-order valence-corrected chi connectivity index (χ0v) is 12.8. The number of fused-ring (bicyclic) bond motifs is 1. The first kappa shape index (κ1) is 13.4. The Morgan fingerprint density at radius 3 is 2.85 bits per heavy atom. The molecule has 1 aromatic heterocycles. The molecular formula is C15H11FINO2. The molecular weight excluding hydrogens is 372 g/mol. The van der Waals surface area contributed by atoms with Crippen molar-refractivity contribution < 1.29 is 8.81 Å². The van der Waals surface area contributed by atoms with Crippen molar-refractivity contribution in [3.63, 3.8) is 0 Å². The maximum absolute atomic E-state index is 13.3. The van der Waals surface area contributed by atoms with Gasteiger partial charge in [0.15, 0.2) is 5.58 Å². The average Bonchev–Trinajstić information content (AvgIpc) is 2.70. The Balaban J connectivity index is 2.15. The Labute approximate surface area is 128 Å². The van der Waals surface area contributed by atoms with Crippen LogP contribution in [0.5, 0.6) is 0 Å². The minimum Gasteiger partial charge on any atom is -0.408 e. The highest BCUT2D eigenvalue weighted by Gasteiger charge is 2.11. The van der Waals surface area contributed by atoms with Crippen LogP contribution in [-0.2, 0) is 6.54 Å². The molecule has 0 atom stereocenters. The number of oxazole rings is 1. The van der Waals surface area contributed by atoms with Crippen molar-refractivity contribution in [3.05, 3.63) is 67.5 Å². The molecule has 0 saturated carbocycles. The summed E-state index contributed by atoms with van der Waals surface area (Å²) in [4.78, 5) is 12.0. The molecule has 102 valence electrons. The van der Waals surface area contributed by atoms with Gasteiger partial charge in [0.2, 0.25) is 0 Å². The maximum atomic E-state index is 13.3. The SMILES string of the molecule is Cc1ccc(F)cc1Cn1c(=O)oc2ccc(I)cc21. The molecule has 0 saturated heterocycles. The quantitative estimate of drug-likeness (QED) is 0.633. The summed E-state index contributed by atoms with van der Waals surface area (Å²) in [6.45, 7) is 2.20. The van der Waals surface area contributed by atoms with Crippen LogP contribution >= 0.6 is 22.6 Å². The first-order valence-corrected chi connectivity index (χ1v) is 7.16. The summed E-state index contributed by atoms with van der Waals surface area (Å²) < 4.78 is 21.1. The van der Waals surface area contributed by atoms with Crippen molar-refractivity contribution in [2.45, 2.75) is 13.5 Å². The highest BCUT2D eigenvalue weighted by molar-refractivity contribution is 14.1. The van der Waals surface area contributed by atoms with Crippen molar-refractivity contribution in [3.8, 4) is 0 Å². The van der Waals surface area contributed by atoms with Gasteiger partial charge >= 0.3 is 5.76 Å². The topological polar surface area (TPSA) is 35.1 Å². The van der Waals surface area contributed by atoms with Gasteiger partial charge in [-0.3, -0.25) is 4.57 Å². The Kier molecular flexibility index (Phi) is 3.37. The Hall–Kier alpha value is -1.63. The molecule has 3 rings (SSSR count). The van der Waals surface area contributed by atoms with E-state index in [0.717, 1.165) is 20.2 Å². The molecule has 0 aliphatic rings. The minimum absolute atomic E-state index is 0.301. The molecule has 0 spiro atoms. The zero-order valence-electron chi connectivity index (χ0n) is 10.7. The van der Waals surface area contributed by atoms with E-state index in [1.54, 1.807) is 12.1 Å². The maximum Gasteiger partial charge on any atom is 0.420 e. The van der Waals surface area contributed by atoms with Crippen molar-refractivity contribution in [2.24, 2.45) is 0 Å². The van der Waals surface area contributed by atoms with Gasteiger partial charge in [0.25, 0.3) is 0 Å². The Morgan fingerprint density at radius 2 is 2.05 bits per heavy atom. The highest BCUT2D eigenvalue weighted by Crippen LogP contribution is 2.19. The average molecular weight is 383 g/mol. The van der Waals surface area contributed by atoms with Gasteiger partial charge in [-0.15, -0.1) is 0 Å². The normalized spacial score (nSPS) is 11.2. The molecule has 1 heterocycles. The summed E-state index contributed by atoms with van der Waals surface area (Å²) >= 11 is 2.18. The van der Waals surface area contributed by atoms with Crippen LogP contribution in [0.25, 0.3) is 11.1 Å². The molecule has 2 aromatic carbocycles. The molecule has 5 heteroatoms. The lowest BCUT2D eigenvalue weighted by Gasteiger charge is -2.06. The number of hydrogen-bond acceptors (Lipinski definition) is 2. The number of aryl methyl sites for hydroxylation is 1. The molecule has 3 nitrogen and oxygen atoms in total. The Morgan fingerprint density at radius 1 is 1.25 bits per heavy atom. The van der Waals surface area contributed by atoms with Crippen LogP contribution < -0.4 is 5.76 Å². The van der Waals surface area contributed by atoms with Gasteiger partial charge in [0, 0.05) is 3.57 Å². The van der Waals surface area contributed by atoms with Crippen LogP contribution in [0, 0.1) is 16.3 Å². The standard InChI is InChI=1S/C15H11FINO2/c1-9-2-3-11(16)6-10(9)8-18-13-7-12(17)4-5-14(13)20-15(18)19/h2-7H,8H2,1H3. The molecule has 20 heavy (non-hydrogen) atoms. The van der Waals surface area contributed by atoms with Crippen molar-refractivity contribution in [2.75, 3.05) is 0 Å². The van der Waals surface area contributed by atoms with Crippen LogP contribution in [0.2, 0.25) is 0 Å². The van der Waals surface area contributed by atoms with Crippen LogP contribution in [0.4, 0.5) is 4.39 Å². The summed E-state index contributed by atoms with van der Waals surface area (Å²) in [5, 5.41) is 0. The largest absolute Gasteiger partial charge is 0.420 e. The predicted molar refractivity (Wildman–Crippen MR) is 83.4 cm³/mol. The van der Waals surface area contributed by atoms with E-state index in [4.69, 9.17) is 4.42 Å². The van der Waals surface area contributed by atoms with Gasteiger partial charge < -0.3 is 4.42 Å². The highest BCUT2D eigenvalue weighted by atomic mass is 127. The lowest BCUT2D eigenvalue weighted by molar-refractivity contribution is 0.516. The van der Waals surface area contributed by atoms with E-state index in [1.807, 2.05) is 19.1 Å². The van der Waals surface area contributed by atoms with Gasteiger partial charge in [-0.2, -0.15) is 0 Å². The van der Waals surface area contributed by atoms with E-state index in [2.05, 4.69) is 22.6 Å². The van der Waals surface area contributed by atoms with Gasteiger partial charge in [0.05, 0.1) is 12.1 Å². The summed E-state index contributed by atoms with van der Waals surface area (Å²) in [6, 6.07) is 10.1. The number of hydrogen-bond donors (Lipinski definition) is 0. The lowest BCUT2D eigenvalue weighted by Crippen LogP contribution is -2.15. The van der Waals surface area contributed by atoms with Crippen molar-refractivity contribution in [1.82, 2.24) is 4.57 Å². The van der Waals surface area contributed by atoms with E-state index in [-0.39, 0.29) is 5.82 Å². The molecule has 0 aliphatic carbocycles. The van der Waals surface area contributed by atoms with E-state index in [1.165, 1.54) is 16.7 Å². The predicted octanol–water partition coefficient (Wildman–Crippen LogP) is 3.69. The van der Waals surface area contributed by atoms with Crippen LogP contribution in [0.15, 0.2) is 45.6 Å². The number of benzene rings is 2. The fourth-order valence-electron chi connectivity index (χ4n) is 2.17. The second-order valence-corrected chi connectivity index (χ2v) is 5.88. The van der Waals surface area contributed by atoms with Gasteiger partial charge in [0.1, 0.15) is 5.82 Å². The third-order valence-corrected chi connectivity index (χ3v) is 3.94. The summed E-state index contributed by atoms with van der Waals surface area (Å²) in [5.41, 5.74) is 2.99. The third-order valence-electron chi connectivity index (χ3n) is 3.27. The second kappa shape index (κ2) is 5.05. The monoisotopic (exact) mass is 383 g/mol. The number of rotatable bonds is 2. The van der Waals surface area contributed by atoms with Gasteiger partial charge in [-0.25, -0.2) is 9.18 Å². The molecule has 0 radical (unpaired) electrons. The van der Waals surface area contributed by atoms with E-state index < -0.39 is 5.76 Å². The van der Waals surface area contributed by atoms with Gasteiger partial charge in [-0.1, -0.05) is 6.07 Å². The summed E-state index contributed by atoms with van der Waals surface area (Å²) in [6.07, 6.45) is 0. The first-order valence-electron chi connectivity index (χ1n) is 6.08. The molecule has 0 aliphatic heterocycles. The lowest BCUT2D eigenvalue weighted by atomic mass is 10.1. The number of aromatic nitrogens is 1. The summed E-state index contributed by atoms with van der Waals surface area (Å²) in [7, 11) is 0. The third kappa shape index (κ3) is 2.37. The summed E-state index contributed by atoms with van der Waals surface area (Å²) in [5.74, 6) is -0.730. The van der Waals surface area contributed by atoms with Crippen LogP contribution in [-0.4, -0.2) is 4.57 Å².